The van der Waals surface area contributed by atoms with Gasteiger partial charge in [-0.05, 0) is 62.4 Å². The van der Waals surface area contributed by atoms with E-state index in [9.17, 15) is 0 Å². The number of rotatable bonds is 4. The fraction of sp³-hybridized carbons (Fsp3) is 0.143. The molecule has 2 heterocycles. The van der Waals surface area contributed by atoms with Gasteiger partial charge in [-0.15, -0.1) is 0 Å². The maximum atomic E-state index is 6.00. The van der Waals surface area contributed by atoms with Crippen molar-refractivity contribution in [1.82, 2.24) is 10.3 Å². The maximum Gasteiger partial charge on any atom is 0.170 e. The van der Waals surface area contributed by atoms with Crippen LogP contribution in [0.3, 0.4) is 0 Å². The van der Waals surface area contributed by atoms with Gasteiger partial charge in [-0.25, -0.2) is 0 Å². The van der Waals surface area contributed by atoms with Crippen molar-refractivity contribution < 1.29 is 9.05 Å². The second kappa shape index (κ2) is 7.22. The molecule has 0 aliphatic carbocycles. The molecule has 4 nitrogen and oxygen atoms in total. The predicted octanol–water partition coefficient (Wildman–Crippen LogP) is 6.51. The number of aromatic nitrogens is 2. The third-order valence-corrected chi connectivity index (χ3v) is 5.04. The molecular formula is C21H16Cl2N2O2. The van der Waals surface area contributed by atoms with Gasteiger partial charge in [-0.2, -0.15) is 0 Å². The van der Waals surface area contributed by atoms with Crippen LogP contribution in [0.1, 0.15) is 22.5 Å². The molecule has 0 unspecified atom stereocenters. The van der Waals surface area contributed by atoms with Gasteiger partial charge < -0.3 is 9.05 Å². The topological polar surface area (TPSA) is 52.1 Å². The van der Waals surface area contributed by atoms with Crippen LogP contribution in [0, 0.1) is 13.8 Å². The Bertz CT molecular complexity index is 993. The molecule has 27 heavy (non-hydrogen) atoms. The number of halogens is 2. The van der Waals surface area contributed by atoms with Crippen LogP contribution in [-0.4, -0.2) is 10.3 Å². The van der Waals surface area contributed by atoms with E-state index < -0.39 is 0 Å². The van der Waals surface area contributed by atoms with Crippen molar-refractivity contribution in [3.05, 3.63) is 81.1 Å². The molecule has 0 atom stereocenters. The van der Waals surface area contributed by atoms with E-state index in [1.165, 1.54) is 0 Å². The highest BCUT2D eigenvalue weighted by molar-refractivity contribution is 6.30. The van der Waals surface area contributed by atoms with Crippen LogP contribution in [0.4, 0.5) is 0 Å². The zero-order valence-corrected chi connectivity index (χ0v) is 16.3. The first-order valence-corrected chi connectivity index (χ1v) is 9.20. The lowest BCUT2D eigenvalue weighted by molar-refractivity contribution is 0.426. The molecule has 4 rings (SSSR count). The molecule has 0 saturated heterocycles. The van der Waals surface area contributed by atoms with Gasteiger partial charge in [0.05, 0.1) is 11.4 Å². The SMILES string of the molecule is Cc1noc(-c2ccc(Cl)cc2)c1Cc1c(C)noc1-c1ccc(Cl)cc1. The second-order valence-corrected chi connectivity index (χ2v) is 7.21. The van der Waals surface area contributed by atoms with Gasteiger partial charge in [-0.3, -0.25) is 0 Å². The molecule has 0 aliphatic heterocycles. The lowest BCUT2D eigenvalue weighted by atomic mass is 9.97. The third kappa shape index (κ3) is 3.51. The van der Waals surface area contributed by atoms with E-state index in [0.717, 1.165) is 45.2 Å². The van der Waals surface area contributed by atoms with Gasteiger partial charge in [0, 0.05) is 38.7 Å². The van der Waals surface area contributed by atoms with Crippen molar-refractivity contribution in [3.63, 3.8) is 0 Å². The monoisotopic (exact) mass is 398 g/mol. The largest absolute Gasteiger partial charge is 0.356 e. The molecule has 2 aromatic carbocycles. The molecule has 0 bridgehead atoms. The van der Waals surface area contributed by atoms with Crippen LogP contribution in [0.5, 0.6) is 0 Å². The van der Waals surface area contributed by atoms with Crippen molar-refractivity contribution in [2.45, 2.75) is 20.3 Å². The van der Waals surface area contributed by atoms with Crippen molar-refractivity contribution >= 4 is 23.2 Å². The number of benzene rings is 2. The first-order chi connectivity index (χ1) is 13.0. The summed E-state index contributed by atoms with van der Waals surface area (Å²) in [7, 11) is 0. The molecule has 0 radical (unpaired) electrons. The highest BCUT2D eigenvalue weighted by Crippen LogP contribution is 2.34. The van der Waals surface area contributed by atoms with Gasteiger partial charge in [0.25, 0.3) is 0 Å². The Labute approximate surface area is 166 Å². The average Bonchev–Trinajstić information content (AvgIpc) is 3.21. The summed E-state index contributed by atoms with van der Waals surface area (Å²) >= 11 is 12.0. The molecule has 6 heteroatoms. The van der Waals surface area contributed by atoms with Crippen molar-refractivity contribution in [3.8, 4) is 22.6 Å². The van der Waals surface area contributed by atoms with Crippen molar-refractivity contribution in [2.75, 3.05) is 0 Å². The standard InChI is InChI=1S/C21H16Cl2N2O2/c1-12-18(20(26-24-12)14-3-7-16(22)8-4-14)11-19-13(2)25-27-21(19)15-5-9-17(23)10-6-15/h3-10H,11H2,1-2H3. The van der Waals surface area contributed by atoms with E-state index in [4.69, 9.17) is 32.2 Å². The normalized spacial score (nSPS) is 11.1. The lowest BCUT2D eigenvalue weighted by Crippen LogP contribution is -1.95. The van der Waals surface area contributed by atoms with Crippen LogP contribution < -0.4 is 0 Å². The van der Waals surface area contributed by atoms with Crippen LogP contribution in [0.2, 0.25) is 10.0 Å². The van der Waals surface area contributed by atoms with E-state index in [0.29, 0.717) is 16.5 Å². The minimum absolute atomic E-state index is 0.598. The highest BCUT2D eigenvalue weighted by atomic mass is 35.5. The van der Waals surface area contributed by atoms with Crippen LogP contribution in [0.25, 0.3) is 22.6 Å². The van der Waals surface area contributed by atoms with Gasteiger partial charge in [0.1, 0.15) is 0 Å². The molecule has 0 aliphatic rings. The summed E-state index contributed by atoms with van der Waals surface area (Å²) in [6, 6.07) is 15.0. The van der Waals surface area contributed by atoms with E-state index in [2.05, 4.69) is 10.3 Å². The first kappa shape index (κ1) is 17.8. The molecule has 0 N–H and O–H groups in total. The van der Waals surface area contributed by atoms with Gasteiger partial charge in [-0.1, -0.05) is 33.5 Å². The molecule has 136 valence electrons. The quantitative estimate of drug-likeness (QED) is 0.393. The van der Waals surface area contributed by atoms with E-state index in [1.807, 2.05) is 62.4 Å². The zero-order chi connectivity index (χ0) is 19.0. The maximum absolute atomic E-state index is 6.00. The fourth-order valence-corrected chi connectivity index (χ4v) is 3.28. The smallest absolute Gasteiger partial charge is 0.170 e. The summed E-state index contributed by atoms with van der Waals surface area (Å²) in [6.07, 6.45) is 0.598. The molecule has 4 aromatic rings. The van der Waals surface area contributed by atoms with E-state index in [-0.39, 0.29) is 0 Å². The van der Waals surface area contributed by atoms with Gasteiger partial charge >= 0.3 is 0 Å². The Kier molecular flexibility index (Phi) is 4.77. The Hall–Kier alpha value is -2.56. The summed E-state index contributed by atoms with van der Waals surface area (Å²) in [6.45, 7) is 3.87. The minimum atomic E-state index is 0.598. The third-order valence-electron chi connectivity index (χ3n) is 4.54. The summed E-state index contributed by atoms with van der Waals surface area (Å²) < 4.78 is 11.2. The average molecular weight is 399 g/mol. The molecule has 0 spiro atoms. The van der Waals surface area contributed by atoms with Crippen LogP contribution in [0.15, 0.2) is 57.6 Å². The molecule has 0 amide bonds. The Balaban J connectivity index is 1.76. The molecule has 0 saturated carbocycles. The fourth-order valence-electron chi connectivity index (χ4n) is 3.03. The van der Waals surface area contributed by atoms with E-state index >= 15 is 0 Å². The number of hydrogen-bond acceptors (Lipinski definition) is 4. The van der Waals surface area contributed by atoms with Gasteiger partial charge in [0.15, 0.2) is 11.5 Å². The number of hydrogen-bond donors (Lipinski definition) is 0. The lowest BCUT2D eigenvalue weighted by Gasteiger charge is -2.05. The number of nitrogens with zero attached hydrogens (tertiary/aromatic N) is 2. The molecule has 2 aromatic heterocycles. The highest BCUT2D eigenvalue weighted by Gasteiger charge is 2.21. The van der Waals surface area contributed by atoms with Crippen LogP contribution in [-0.2, 0) is 6.42 Å². The predicted molar refractivity (Wildman–Crippen MR) is 106 cm³/mol. The van der Waals surface area contributed by atoms with Crippen LogP contribution >= 0.6 is 23.2 Å². The summed E-state index contributed by atoms with van der Waals surface area (Å²) in [5.74, 6) is 1.46. The molecular weight excluding hydrogens is 383 g/mol. The van der Waals surface area contributed by atoms with E-state index in [1.54, 1.807) is 0 Å². The number of aryl methyl sites for hydroxylation is 2. The van der Waals surface area contributed by atoms with Crippen molar-refractivity contribution in [1.29, 1.82) is 0 Å². The Morgan fingerprint density at radius 1 is 0.667 bits per heavy atom. The minimum Gasteiger partial charge on any atom is -0.356 e. The molecule has 0 fully saturated rings. The summed E-state index contributed by atoms with van der Waals surface area (Å²) in [4.78, 5) is 0. The van der Waals surface area contributed by atoms with Crippen molar-refractivity contribution in [2.24, 2.45) is 0 Å². The Morgan fingerprint density at radius 2 is 1.04 bits per heavy atom. The zero-order valence-electron chi connectivity index (χ0n) is 14.8. The van der Waals surface area contributed by atoms with Gasteiger partial charge in [0.2, 0.25) is 0 Å². The summed E-state index contributed by atoms with van der Waals surface area (Å²) in [5, 5.41) is 9.68. The first-order valence-electron chi connectivity index (χ1n) is 8.45. The summed E-state index contributed by atoms with van der Waals surface area (Å²) in [5.41, 5.74) is 5.53. The second-order valence-electron chi connectivity index (χ2n) is 6.34. The Morgan fingerprint density at radius 3 is 1.41 bits per heavy atom.